The first kappa shape index (κ1) is 15.4. The van der Waals surface area contributed by atoms with Crippen molar-refractivity contribution < 1.29 is 4.79 Å². The zero-order chi connectivity index (χ0) is 12.9. The maximum absolute atomic E-state index is 11.7. The summed E-state index contributed by atoms with van der Waals surface area (Å²) in [7, 11) is 0. The van der Waals surface area contributed by atoms with E-state index in [0.717, 1.165) is 6.54 Å². The molecule has 1 atom stereocenters. The van der Waals surface area contributed by atoms with Crippen LogP contribution in [0.1, 0.15) is 48.5 Å². The molecule has 0 saturated carbocycles. The van der Waals surface area contributed by atoms with Gasteiger partial charge in [-0.1, -0.05) is 27.7 Å². The molecule has 3 nitrogen and oxygen atoms in total. The van der Waals surface area contributed by atoms with Crippen LogP contribution >= 0.6 is 0 Å². The molecule has 0 radical (unpaired) electrons. The van der Waals surface area contributed by atoms with Gasteiger partial charge in [-0.2, -0.15) is 0 Å². The number of rotatable bonds is 6. The van der Waals surface area contributed by atoms with Crippen LogP contribution < -0.4 is 10.6 Å². The number of hydrogen-bond donors (Lipinski definition) is 2. The summed E-state index contributed by atoms with van der Waals surface area (Å²) in [5, 5.41) is 6.20. The first-order chi connectivity index (χ1) is 7.16. The highest BCUT2D eigenvalue weighted by Crippen LogP contribution is 2.24. The largest absolute Gasteiger partial charge is 0.353 e. The summed E-state index contributed by atoms with van der Waals surface area (Å²) in [6.07, 6.45) is 0. The second kappa shape index (κ2) is 6.24. The molecule has 0 aliphatic carbocycles. The fourth-order valence-corrected chi connectivity index (χ4v) is 1.12. The van der Waals surface area contributed by atoms with Gasteiger partial charge in [0.2, 0.25) is 5.91 Å². The third-order valence-corrected chi connectivity index (χ3v) is 3.25. The Morgan fingerprint density at radius 1 is 1.12 bits per heavy atom. The second-order valence-electron chi connectivity index (χ2n) is 5.91. The van der Waals surface area contributed by atoms with Crippen molar-refractivity contribution in [3.63, 3.8) is 0 Å². The predicted molar refractivity (Wildman–Crippen MR) is 69.4 cm³/mol. The predicted octanol–water partition coefficient (Wildman–Crippen LogP) is 2.17. The molecule has 16 heavy (non-hydrogen) atoms. The highest BCUT2D eigenvalue weighted by Gasteiger charge is 2.24. The molecule has 0 aromatic carbocycles. The van der Waals surface area contributed by atoms with E-state index in [1.165, 1.54) is 0 Å². The van der Waals surface area contributed by atoms with Crippen LogP contribution in [0.3, 0.4) is 0 Å². The van der Waals surface area contributed by atoms with Gasteiger partial charge in [0.25, 0.3) is 0 Å². The molecule has 96 valence electrons. The Morgan fingerprint density at radius 3 is 2.00 bits per heavy atom. The maximum atomic E-state index is 11.7. The van der Waals surface area contributed by atoms with E-state index in [0.29, 0.717) is 5.92 Å². The molecule has 0 spiro atoms. The van der Waals surface area contributed by atoms with Gasteiger partial charge in [-0.15, -0.1) is 0 Å². The Labute approximate surface area is 100 Å². The van der Waals surface area contributed by atoms with Gasteiger partial charge >= 0.3 is 0 Å². The zero-order valence-corrected chi connectivity index (χ0v) is 11.8. The average Bonchev–Trinajstić information content (AvgIpc) is 2.12. The van der Waals surface area contributed by atoms with E-state index in [9.17, 15) is 4.79 Å². The Morgan fingerprint density at radius 2 is 1.62 bits per heavy atom. The van der Waals surface area contributed by atoms with Crippen molar-refractivity contribution >= 4 is 5.91 Å². The monoisotopic (exact) mass is 228 g/mol. The van der Waals surface area contributed by atoms with Gasteiger partial charge in [0.15, 0.2) is 0 Å². The number of carbonyl (C=O) groups excluding carboxylic acids is 1. The summed E-state index contributed by atoms with van der Waals surface area (Å²) in [6.45, 7) is 15.6. The molecule has 1 amide bonds. The van der Waals surface area contributed by atoms with E-state index < -0.39 is 0 Å². The van der Waals surface area contributed by atoms with Crippen molar-refractivity contribution in [1.82, 2.24) is 10.6 Å². The van der Waals surface area contributed by atoms with Gasteiger partial charge < -0.3 is 10.6 Å². The third-order valence-electron chi connectivity index (χ3n) is 3.25. The van der Waals surface area contributed by atoms with E-state index in [4.69, 9.17) is 0 Å². The van der Waals surface area contributed by atoms with Crippen LogP contribution in [0.5, 0.6) is 0 Å². The molecular weight excluding hydrogens is 200 g/mol. The third kappa shape index (κ3) is 5.50. The van der Waals surface area contributed by atoms with Crippen molar-refractivity contribution in [2.75, 3.05) is 6.54 Å². The number of amides is 1. The van der Waals surface area contributed by atoms with Crippen molar-refractivity contribution in [3.8, 4) is 0 Å². The maximum Gasteiger partial charge on any atom is 0.237 e. The van der Waals surface area contributed by atoms with Crippen molar-refractivity contribution in [2.45, 2.75) is 60.5 Å². The summed E-state index contributed by atoms with van der Waals surface area (Å²) in [5.74, 6) is 0.676. The van der Waals surface area contributed by atoms with Crippen LogP contribution in [0.15, 0.2) is 0 Å². The average molecular weight is 228 g/mol. The molecule has 2 N–H and O–H groups in total. The number of hydrogen-bond acceptors (Lipinski definition) is 2. The molecule has 0 fully saturated rings. The van der Waals surface area contributed by atoms with Gasteiger partial charge in [0, 0.05) is 12.6 Å². The molecule has 0 aromatic heterocycles. The van der Waals surface area contributed by atoms with Crippen molar-refractivity contribution in [3.05, 3.63) is 0 Å². The minimum atomic E-state index is -0.125. The molecule has 0 heterocycles. The summed E-state index contributed by atoms with van der Waals surface area (Å²) >= 11 is 0. The van der Waals surface area contributed by atoms with Crippen LogP contribution in [0, 0.1) is 11.3 Å². The van der Waals surface area contributed by atoms with E-state index >= 15 is 0 Å². The highest BCUT2D eigenvalue weighted by atomic mass is 16.2. The fourth-order valence-electron chi connectivity index (χ4n) is 1.12. The molecular formula is C13H28N2O. The standard InChI is InChI=1S/C13H28N2O/c1-9(2)13(6,7)8-14-11(5)12(16)15-10(3)4/h9-11,14H,8H2,1-7H3,(H,15,16). The van der Waals surface area contributed by atoms with Crippen LogP contribution in [0.2, 0.25) is 0 Å². The molecule has 3 heteroatoms. The summed E-state index contributed by atoms with van der Waals surface area (Å²) in [5.41, 5.74) is 0.215. The lowest BCUT2D eigenvalue weighted by atomic mass is 9.81. The normalized spacial score (nSPS) is 14.3. The summed E-state index contributed by atoms with van der Waals surface area (Å²) < 4.78 is 0. The summed E-state index contributed by atoms with van der Waals surface area (Å²) in [4.78, 5) is 11.7. The van der Waals surface area contributed by atoms with E-state index in [2.05, 4.69) is 38.3 Å². The fraction of sp³-hybridized carbons (Fsp3) is 0.923. The molecule has 1 unspecified atom stereocenters. The van der Waals surface area contributed by atoms with Gasteiger partial charge in [0.05, 0.1) is 6.04 Å². The topological polar surface area (TPSA) is 41.1 Å². The van der Waals surface area contributed by atoms with E-state index in [-0.39, 0.29) is 23.4 Å². The first-order valence-electron chi connectivity index (χ1n) is 6.20. The molecule has 0 saturated heterocycles. The lowest BCUT2D eigenvalue weighted by molar-refractivity contribution is -0.123. The van der Waals surface area contributed by atoms with E-state index in [1.54, 1.807) is 0 Å². The molecule has 0 aromatic rings. The zero-order valence-electron chi connectivity index (χ0n) is 11.8. The number of nitrogens with one attached hydrogen (secondary N) is 2. The molecule has 0 rings (SSSR count). The number of carbonyl (C=O) groups is 1. The van der Waals surface area contributed by atoms with Crippen molar-refractivity contribution in [1.29, 1.82) is 0 Å². The van der Waals surface area contributed by atoms with Gasteiger partial charge in [-0.05, 0) is 32.1 Å². The van der Waals surface area contributed by atoms with Crippen LogP contribution in [-0.2, 0) is 4.79 Å². The van der Waals surface area contributed by atoms with Gasteiger partial charge in [-0.25, -0.2) is 0 Å². The first-order valence-corrected chi connectivity index (χ1v) is 6.20. The quantitative estimate of drug-likeness (QED) is 0.731. The lowest BCUT2D eigenvalue weighted by Gasteiger charge is -2.31. The summed E-state index contributed by atoms with van der Waals surface area (Å²) in [6, 6.07) is 0.0790. The van der Waals surface area contributed by atoms with Gasteiger partial charge in [0.1, 0.15) is 0 Å². The smallest absolute Gasteiger partial charge is 0.237 e. The Kier molecular flexibility index (Phi) is 6.01. The van der Waals surface area contributed by atoms with Crippen LogP contribution in [0.25, 0.3) is 0 Å². The van der Waals surface area contributed by atoms with Crippen molar-refractivity contribution in [2.24, 2.45) is 11.3 Å². The van der Waals surface area contributed by atoms with Gasteiger partial charge in [-0.3, -0.25) is 4.79 Å². The minimum Gasteiger partial charge on any atom is -0.353 e. The second-order valence-corrected chi connectivity index (χ2v) is 5.91. The minimum absolute atomic E-state index is 0.0783. The molecule has 0 bridgehead atoms. The SMILES string of the molecule is CC(C)NC(=O)C(C)NCC(C)(C)C(C)C. The van der Waals surface area contributed by atoms with E-state index in [1.807, 2.05) is 20.8 Å². The molecule has 0 aliphatic heterocycles. The highest BCUT2D eigenvalue weighted by molar-refractivity contribution is 5.81. The Hall–Kier alpha value is -0.570. The molecule has 0 aliphatic rings. The Bertz CT molecular complexity index is 222. The Balaban J connectivity index is 4.07. The lowest BCUT2D eigenvalue weighted by Crippen LogP contribution is -2.47. The van der Waals surface area contributed by atoms with Crippen LogP contribution in [0.4, 0.5) is 0 Å². The van der Waals surface area contributed by atoms with Crippen LogP contribution in [-0.4, -0.2) is 24.5 Å².